The maximum absolute atomic E-state index is 13.4. The maximum atomic E-state index is 13.4. The number of imidazole rings is 1. The van der Waals surface area contributed by atoms with Crippen molar-refractivity contribution in [3.05, 3.63) is 58.9 Å². The van der Waals surface area contributed by atoms with Gasteiger partial charge in [0.2, 0.25) is 0 Å². The minimum Gasteiger partial charge on any atom is -0.294 e. The van der Waals surface area contributed by atoms with Crippen molar-refractivity contribution >= 4 is 34.2 Å². The zero-order chi connectivity index (χ0) is 14.3. The van der Waals surface area contributed by atoms with E-state index < -0.39 is 11.6 Å². The van der Waals surface area contributed by atoms with Crippen LogP contribution in [0.3, 0.4) is 0 Å². The van der Waals surface area contributed by atoms with Gasteiger partial charge in [0.15, 0.2) is 0 Å². The molecule has 3 rings (SSSR count). The second kappa shape index (κ2) is 5.04. The Labute approximate surface area is 123 Å². The van der Waals surface area contributed by atoms with Crippen molar-refractivity contribution in [3.63, 3.8) is 0 Å². The van der Waals surface area contributed by atoms with Gasteiger partial charge in [-0.05, 0) is 24.3 Å². The summed E-state index contributed by atoms with van der Waals surface area (Å²) in [6, 6.07) is 8.45. The molecule has 1 heterocycles. The normalized spacial score (nSPS) is 11.2. The first-order chi connectivity index (χ1) is 9.60. The molecule has 0 saturated carbocycles. The highest BCUT2D eigenvalue weighted by Crippen LogP contribution is 2.29. The Kier molecular flexibility index (Phi) is 3.36. The van der Waals surface area contributed by atoms with Crippen LogP contribution in [0.2, 0.25) is 5.02 Å². The van der Waals surface area contributed by atoms with Gasteiger partial charge in [0.1, 0.15) is 17.5 Å². The molecule has 0 aliphatic heterocycles. The highest BCUT2D eigenvalue weighted by atomic mass is 35.5. The smallest absolute Gasteiger partial charge is 0.129 e. The highest BCUT2D eigenvalue weighted by Gasteiger charge is 2.15. The Bertz CT molecular complexity index is 779. The highest BCUT2D eigenvalue weighted by molar-refractivity contribution is 6.35. The molecule has 0 aliphatic carbocycles. The molecule has 102 valence electrons. The predicted molar refractivity (Wildman–Crippen MR) is 75.6 cm³/mol. The molecule has 0 amide bonds. The molecule has 0 spiro atoms. The summed E-state index contributed by atoms with van der Waals surface area (Å²) in [5, 5.41) is 0.441. The van der Waals surface area contributed by atoms with E-state index in [2.05, 4.69) is 4.98 Å². The van der Waals surface area contributed by atoms with Crippen molar-refractivity contribution in [1.29, 1.82) is 0 Å². The molecule has 2 nitrogen and oxygen atoms in total. The van der Waals surface area contributed by atoms with Gasteiger partial charge in [0.05, 0.1) is 27.6 Å². The lowest BCUT2D eigenvalue weighted by Crippen LogP contribution is -2.01. The number of fused-ring (bicyclic) bond motifs is 1. The fourth-order valence-corrected chi connectivity index (χ4v) is 2.60. The summed E-state index contributed by atoms with van der Waals surface area (Å²) in [6.07, 6.45) is 0. The Morgan fingerprint density at radius 1 is 1.10 bits per heavy atom. The molecule has 3 aromatic rings. The van der Waals surface area contributed by atoms with Gasteiger partial charge in [-0.25, -0.2) is 13.8 Å². The lowest BCUT2D eigenvalue weighted by Gasteiger charge is -2.09. The van der Waals surface area contributed by atoms with Gasteiger partial charge in [0, 0.05) is 6.07 Å². The van der Waals surface area contributed by atoms with E-state index in [0.29, 0.717) is 27.6 Å². The van der Waals surface area contributed by atoms with Crippen LogP contribution >= 0.6 is 23.2 Å². The van der Waals surface area contributed by atoms with Gasteiger partial charge in [0.25, 0.3) is 0 Å². The number of alkyl halides is 1. The molecule has 20 heavy (non-hydrogen) atoms. The minimum atomic E-state index is -0.672. The average Bonchev–Trinajstić information content (AvgIpc) is 2.77. The molecule has 0 bridgehead atoms. The molecule has 0 unspecified atom stereocenters. The zero-order valence-electron chi connectivity index (χ0n) is 10.1. The zero-order valence-corrected chi connectivity index (χ0v) is 11.6. The van der Waals surface area contributed by atoms with Crippen LogP contribution in [0.4, 0.5) is 8.78 Å². The van der Waals surface area contributed by atoms with Gasteiger partial charge in [-0.2, -0.15) is 0 Å². The van der Waals surface area contributed by atoms with Crippen molar-refractivity contribution in [2.24, 2.45) is 0 Å². The number of halogens is 4. The monoisotopic (exact) mass is 312 g/mol. The van der Waals surface area contributed by atoms with E-state index in [1.807, 2.05) is 0 Å². The van der Waals surface area contributed by atoms with Gasteiger partial charge in [-0.1, -0.05) is 17.7 Å². The van der Waals surface area contributed by atoms with E-state index >= 15 is 0 Å². The number of hydrogen-bond donors (Lipinski definition) is 0. The summed E-state index contributed by atoms with van der Waals surface area (Å²) in [5.74, 6) is -0.771. The van der Waals surface area contributed by atoms with Crippen LogP contribution in [0.25, 0.3) is 16.7 Å². The van der Waals surface area contributed by atoms with Crippen LogP contribution in [-0.2, 0) is 5.88 Å². The minimum absolute atomic E-state index is 0.100. The Morgan fingerprint density at radius 2 is 1.80 bits per heavy atom. The number of rotatable bonds is 2. The summed E-state index contributed by atoms with van der Waals surface area (Å²) in [7, 11) is 0. The van der Waals surface area contributed by atoms with Crippen LogP contribution in [0.15, 0.2) is 36.4 Å². The molecular weight excluding hydrogens is 305 g/mol. The van der Waals surface area contributed by atoms with E-state index in [9.17, 15) is 8.78 Å². The first kappa shape index (κ1) is 13.3. The molecule has 0 fully saturated rings. The van der Waals surface area contributed by atoms with Crippen LogP contribution in [0.5, 0.6) is 0 Å². The van der Waals surface area contributed by atoms with Crippen molar-refractivity contribution in [3.8, 4) is 5.69 Å². The first-order valence-corrected chi connectivity index (χ1v) is 6.69. The third-order valence-corrected chi connectivity index (χ3v) is 3.47. The van der Waals surface area contributed by atoms with Crippen LogP contribution in [-0.4, -0.2) is 9.55 Å². The van der Waals surface area contributed by atoms with Crippen LogP contribution in [0.1, 0.15) is 5.82 Å². The van der Waals surface area contributed by atoms with Gasteiger partial charge in [-0.15, -0.1) is 11.6 Å². The van der Waals surface area contributed by atoms with E-state index in [0.717, 1.165) is 6.07 Å². The summed E-state index contributed by atoms with van der Waals surface area (Å²) in [5.41, 5.74) is 1.50. The number of nitrogens with zero attached hydrogens (tertiary/aromatic N) is 2. The summed E-state index contributed by atoms with van der Waals surface area (Å²) < 4.78 is 28.4. The molecule has 0 aliphatic rings. The first-order valence-electron chi connectivity index (χ1n) is 5.78. The lowest BCUT2D eigenvalue weighted by atomic mass is 10.2. The van der Waals surface area contributed by atoms with E-state index in [-0.39, 0.29) is 5.88 Å². The maximum Gasteiger partial charge on any atom is 0.129 e. The van der Waals surface area contributed by atoms with Crippen molar-refractivity contribution in [2.45, 2.75) is 5.88 Å². The molecule has 0 N–H and O–H groups in total. The molecule has 1 aromatic heterocycles. The average molecular weight is 313 g/mol. The standard InChI is InChI=1S/C14H8Cl2F2N2/c15-7-13-19-12-3-1-2-11(16)14(12)20(13)10-5-8(17)4-9(18)6-10/h1-6H,7H2. The summed E-state index contributed by atoms with van der Waals surface area (Å²) in [4.78, 5) is 4.33. The molecule has 0 atom stereocenters. The van der Waals surface area contributed by atoms with Gasteiger partial charge >= 0.3 is 0 Å². The van der Waals surface area contributed by atoms with Crippen LogP contribution in [0, 0.1) is 11.6 Å². The SMILES string of the molecule is Fc1cc(F)cc(-n2c(CCl)nc3cccc(Cl)c32)c1. The number of benzene rings is 2. The Balaban J connectivity index is 2.39. The third kappa shape index (κ3) is 2.15. The van der Waals surface area contributed by atoms with E-state index in [1.165, 1.54) is 12.1 Å². The van der Waals surface area contributed by atoms with Crippen molar-refractivity contribution in [1.82, 2.24) is 9.55 Å². The number of aromatic nitrogens is 2. The van der Waals surface area contributed by atoms with Gasteiger partial charge in [-0.3, -0.25) is 4.57 Å². The lowest BCUT2D eigenvalue weighted by molar-refractivity contribution is 0.581. The molecule has 6 heteroatoms. The van der Waals surface area contributed by atoms with E-state index in [1.54, 1.807) is 22.8 Å². The Hall–Kier alpha value is -1.65. The number of hydrogen-bond acceptors (Lipinski definition) is 1. The topological polar surface area (TPSA) is 17.8 Å². The number of para-hydroxylation sites is 1. The van der Waals surface area contributed by atoms with Crippen LogP contribution < -0.4 is 0 Å². The second-order valence-electron chi connectivity index (χ2n) is 4.23. The van der Waals surface area contributed by atoms with E-state index in [4.69, 9.17) is 23.2 Å². The molecule has 2 aromatic carbocycles. The molecular formula is C14H8Cl2F2N2. The molecule has 0 saturated heterocycles. The largest absolute Gasteiger partial charge is 0.294 e. The van der Waals surface area contributed by atoms with Gasteiger partial charge < -0.3 is 0 Å². The summed E-state index contributed by atoms with van der Waals surface area (Å²) in [6.45, 7) is 0. The van der Waals surface area contributed by atoms with Crippen molar-refractivity contribution < 1.29 is 8.78 Å². The quantitative estimate of drug-likeness (QED) is 0.627. The Morgan fingerprint density at radius 3 is 2.45 bits per heavy atom. The fraction of sp³-hybridized carbons (Fsp3) is 0.0714. The fourth-order valence-electron chi connectivity index (χ4n) is 2.17. The second-order valence-corrected chi connectivity index (χ2v) is 4.91. The third-order valence-electron chi connectivity index (χ3n) is 2.92. The molecule has 0 radical (unpaired) electrons. The predicted octanol–water partition coefficient (Wildman–Crippen LogP) is 4.70. The summed E-state index contributed by atoms with van der Waals surface area (Å²) >= 11 is 12.0. The van der Waals surface area contributed by atoms with Crippen molar-refractivity contribution in [2.75, 3.05) is 0 Å².